The maximum Gasteiger partial charge on any atom is 0.255 e. The number of fused-ring (bicyclic) bond motifs is 1. The maximum absolute atomic E-state index is 14.8. The second-order valence-electron chi connectivity index (χ2n) is 6.09. The van der Waals surface area contributed by atoms with Crippen LogP contribution in [-0.2, 0) is 0 Å². The van der Waals surface area contributed by atoms with Crippen molar-refractivity contribution in [2.75, 3.05) is 25.1 Å². The topological polar surface area (TPSA) is 55.6 Å². The van der Waals surface area contributed by atoms with E-state index in [9.17, 15) is 8.78 Å². The lowest BCUT2D eigenvalue weighted by molar-refractivity contribution is 0.407. The quantitative estimate of drug-likeness (QED) is 0.649. The number of rotatable bonds is 3. The lowest BCUT2D eigenvalue weighted by Crippen LogP contribution is -2.32. The Labute approximate surface area is 153 Å². The van der Waals surface area contributed by atoms with Gasteiger partial charge in [-0.25, -0.2) is 8.78 Å². The number of hydrogen-bond acceptors (Lipinski definition) is 5. The number of halogens is 3. The molecule has 0 atom stereocenters. The SMILES string of the molecule is COc1cc(F)c(-c2c(Cl)nc3ncnn3c2N2CCCCC2)c(F)c1. The Morgan fingerprint density at radius 1 is 1.08 bits per heavy atom. The molecule has 1 fully saturated rings. The lowest BCUT2D eigenvalue weighted by Gasteiger charge is -2.30. The third-order valence-electron chi connectivity index (χ3n) is 4.52. The van der Waals surface area contributed by atoms with Crippen LogP contribution in [0.5, 0.6) is 5.75 Å². The van der Waals surface area contributed by atoms with E-state index in [1.807, 2.05) is 4.90 Å². The van der Waals surface area contributed by atoms with Crippen LogP contribution >= 0.6 is 11.6 Å². The summed E-state index contributed by atoms with van der Waals surface area (Å²) >= 11 is 6.35. The number of anilines is 1. The Bertz CT molecular complexity index is 948. The first-order chi connectivity index (χ1) is 12.6. The van der Waals surface area contributed by atoms with Crippen LogP contribution in [0.3, 0.4) is 0 Å². The second-order valence-corrected chi connectivity index (χ2v) is 6.44. The number of aromatic nitrogens is 4. The van der Waals surface area contributed by atoms with Gasteiger partial charge >= 0.3 is 0 Å². The Hall–Kier alpha value is -2.48. The Morgan fingerprint density at radius 2 is 1.77 bits per heavy atom. The normalized spacial score (nSPS) is 14.8. The van der Waals surface area contributed by atoms with Gasteiger partial charge in [-0.2, -0.15) is 19.6 Å². The molecule has 0 aliphatic carbocycles. The highest BCUT2D eigenvalue weighted by Gasteiger charge is 2.27. The third kappa shape index (κ3) is 2.74. The van der Waals surface area contributed by atoms with E-state index in [0.29, 0.717) is 5.82 Å². The summed E-state index contributed by atoms with van der Waals surface area (Å²) < 4.78 is 35.9. The number of piperidine rings is 1. The molecule has 1 aromatic carbocycles. The zero-order chi connectivity index (χ0) is 18.3. The molecule has 4 rings (SSSR count). The minimum absolute atomic E-state index is 0.0194. The molecule has 6 nitrogen and oxygen atoms in total. The van der Waals surface area contributed by atoms with Crippen molar-refractivity contribution in [3.05, 3.63) is 35.2 Å². The van der Waals surface area contributed by atoms with Gasteiger partial charge in [0.05, 0.1) is 18.2 Å². The van der Waals surface area contributed by atoms with Crippen LogP contribution in [-0.4, -0.2) is 39.8 Å². The predicted molar refractivity (Wildman–Crippen MR) is 93.8 cm³/mol. The molecule has 0 bridgehead atoms. The number of ether oxygens (including phenoxy) is 1. The van der Waals surface area contributed by atoms with Gasteiger partial charge in [0.15, 0.2) is 0 Å². The molecule has 1 saturated heterocycles. The molecule has 3 aromatic rings. The Morgan fingerprint density at radius 3 is 2.42 bits per heavy atom. The monoisotopic (exact) mass is 379 g/mol. The van der Waals surface area contributed by atoms with Crippen molar-refractivity contribution in [2.45, 2.75) is 19.3 Å². The zero-order valence-corrected chi connectivity index (χ0v) is 14.8. The summed E-state index contributed by atoms with van der Waals surface area (Å²) in [6.07, 6.45) is 4.40. The average molecular weight is 380 g/mol. The van der Waals surface area contributed by atoms with Gasteiger partial charge in [0.1, 0.15) is 34.7 Å². The van der Waals surface area contributed by atoms with E-state index in [4.69, 9.17) is 16.3 Å². The first-order valence-corrected chi connectivity index (χ1v) is 8.65. The summed E-state index contributed by atoms with van der Waals surface area (Å²) in [7, 11) is 1.35. The first kappa shape index (κ1) is 17.0. The summed E-state index contributed by atoms with van der Waals surface area (Å²) in [6.45, 7) is 1.48. The van der Waals surface area contributed by atoms with E-state index in [-0.39, 0.29) is 27.8 Å². The minimum atomic E-state index is -0.775. The van der Waals surface area contributed by atoms with E-state index >= 15 is 0 Å². The van der Waals surface area contributed by atoms with E-state index in [1.54, 1.807) is 0 Å². The molecule has 2 aromatic heterocycles. The minimum Gasteiger partial charge on any atom is -0.497 e. The van der Waals surface area contributed by atoms with Crippen LogP contribution in [0.4, 0.5) is 14.6 Å². The van der Waals surface area contributed by atoms with Gasteiger partial charge in [0.2, 0.25) is 0 Å². The van der Waals surface area contributed by atoms with Crippen molar-refractivity contribution in [1.82, 2.24) is 19.6 Å². The van der Waals surface area contributed by atoms with Gasteiger partial charge in [-0.05, 0) is 19.3 Å². The molecule has 0 unspecified atom stereocenters. The third-order valence-corrected chi connectivity index (χ3v) is 4.79. The summed E-state index contributed by atoms with van der Waals surface area (Å²) in [4.78, 5) is 10.2. The Kier molecular flexibility index (Phi) is 4.36. The highest BCUT2D eigenvalue weighted by molar-refractivity contribution is 6.33. The molecule has 3 heterocycles. The summed E-state index contributed by atoms with van der Waals surface area (Å²) in [5.41, 5.74) is -0.0782. The molecule has 1 aliphatic rings. The average Bonchev–Trinajstić information content (AvgIpc) is 3.09. The fourth-order valence-electron chi connectivity index (χ4n) is 3.32. The fourth-order valence-corrected chi connectivity index (χ4v) is 3.58. The van der Waals surface area contributed by atoms with E-state index in [1.165, 1.54) is 18.0 Å². The molecular weight excluding hydrogens is 364 g/mol. The van der Waals surface area contributed by atoms with E-state index in [0.717, 1.165) is 44.5 Å². The van der Waals surface area contributed by atoms with Crippen LogP contribution in [0.25, 0.3) is 16.9 Å². The Balaban J connectivity index is 2.02. The largest absolute Gasteiger partial charge is 0.497 e. The molecule has 136 valence electrons. The zero-order valence-electron chi connectivity index (χ0n) is 14.0. The van der Waals surface area contributed by atoms with Gasteiger partial charge < -0.3 is 9.64 Å². The van der Waals surface area contributed by atoms with Gasteiger partial charge in [-0.15, -0.1) is 0 Å². The first-order valence-electron chi connectivity index (χ1n) is 8.27. The molecule has 1 aliphatic heterocycles. The van der Waals surface area contributed by atoms with Crippen molar-refractivity contribution in [1.29, 1.82) is 0 Å². The van der Waals surface area contributed by atoms with Gasteiger partial charge in [0, 0.05) is 25.2 Å². The highest BCUT2D eigenvalue weighted by Crippen LogP contribution is 2.40. The second kappa shape index (κ2) is 6.68. The molecule has 0 spiro atoms. The van der Waals surface area contributed by atoms with Crippen LogP contribution < -0.4 is 9.64 Å². The highest BCUT2D eigenvalue weighted by atomic mass is 35.5. The molecule has 0 N–H and O–H groups in total. The van der Waals surface area contributed by atoms with Crippen LogP contribution in [0.2, 0.25) is 5.15 Å². The van der Waals surface area contributed by atoms with Gasteiger partial charge in [-0.1, -0.05) is 11.6 Å². The number of benzene rings is 1. The summed E-state index contributed by atoms with van der Waals surface area (Å²) in [5, 5.41) is 4.17. The van der Waals surface area contributed by atoms with Crippen molar-refractivity contribution < 1.29 is 13.5 Å². The smallest absolute Gasteiger partial charge is 0.255 e. The fraction of sp³-hybridized carbons (Fsp3) is 0.353. The van der Waals surface area contributed by atoms with Crippen molar-refractivity contribution in [3.8, 4) is 16.9 Å². The predicted octanol–water partition coefficient (Wildman–Crippen LogP) is 3.72. The molecule has 0 amide bonds. The van der Waals surface area contributed by atoms with Crippen LogP contribution in [0.15, 0.2) is 18.5 Å². The molecule has 0 saturated carbocycles. The summed E-state index contributed by atoms with van der Waals surface area (Å²) in [5.74, 6) is -0.672. The number of hydrogen-bond donors (Lipinski definition) is 0. The van der Waals surface area contributed by atoms with Gasteiger partial charge in [0.25, 0.3) is 5.78 Å². The van der Waals surface area contributed by atoms with Crippen molar-refractivity contribution >= 4 is 23.2 Å². The lowest BCUT2D eigenvalue weighted by atomic mass is 10.0. The van der Waals surface area contributed by atoms with Crippen LogP contribution in [0, 0.1) is 11.6 Å². The standard InChI is InChI=1S/C17H16ClF2N5O/c1-26-10-7-11(19)13(12(20)8-10)14-15(18)23-17-21-9-22-25(17)16(14)24-5-3-2-4-6-24/h7-9H,2-6H2,1H3. The molecular formula is C17H16ClF2N5O. The molecule has 26 heavy (non-hydrogen) atoms. The van der Waals surface area contributed by atoms with E-state index < -0.39 is 11.6 Å². The van der Waals surface area contributed by atoms with E-state index in [2.05, 4.69) is 15.1 Å². The summed E-state index contributed by atoms with van der Waals surface area (Å²) in [6, 6.07) is 2.25. The molecule has 0 radical (unpaired) electrons. The molecule has 9 heteroatoms. The van der Waals surface area contributed by atoms with Crippen molar-refractivity contribution in [3.63, 3.8) is 0 Å². The maximum atomic E-state index is 14.8. The number of nitrogens with zero attached hydrogens (tertiary/aromatic N) is 5. The number of methoxy groups -OCH3 is 1. The van der Waals surface area contributed by atoms with Crippen LogP contribution in [0.1, 0.15) is 19.3 Å². The van der Waals surface area contributed by atoms with Gasteiger partial charge in [-0.3, -0.25) is 0 Å². The van der Waals surface area contributed by atoms with Crippen molar-refractivity contribution in [2.24, 2.45) is 0 Å².